The Kier molecular flexibility index (Phi) is 13.1. The lowest BCUT2D eigenvalue weighted by atomic mass is 9.79. The number of ketones is 1. The number of likely N-dealkylation sites (N-methyl/N-ethyl adjacent to an activating group) is 2. The van der Waals surface area contributed by atoms with Gasteiger partial charge in [-0.1, -0.05) is 53.5 Å². The van der Waals surface area contributed by atoms with E-state index in [1.165, 1.54) is 13.1 Å². The Morgan fingerprint density at radius 3 is 2.16 bits per heavy atom. The second kappa shape index (κ2) is 15.9. The number of nitrogens with one attached hydrogen (secondary N) is 4. The first-order valence-electron chi connectivity index (χ1n) is 17.2. The third-order valence-corrected chi connectivity index (χ3v) is 11.5. The first-order valence-corrected chi connectivity index (χ1v) is 19.1. The van der Waals surface area contributed by atoms with Crippen LogP contribution >= 0.6 is 0 Å². The first-order chi connectivity index (χ1) is 22.6. The van der Waals surface area contributed by atoms with Crippen molar-refractivity contribution in [1.82, 2.24) is 35.4 Å². The summed E-state index contributed by atoms with van der Waals surface area (Å²) in [4.78, 5) is 71.5. The summed E-state index contributed by atoms with van der Waals surface area (Å²) < 4.78 is 25.3. The van der Waals surface area contributed by atoms with Crippen LogP contribution in [-0.2, 0) is 29.2 Å². The van der Waals surface area contributed by atoms with Crippen molar-refractivity contribution in [3.05, 3.63) is 12.7 Å². The van der Waals surface area contributed by atoms with E-state index in [0.717, 1.165) is 36.2 Å². The van der Waals surface area contributed by atoms with Crippen LogP contribution in [0, 0.1) is 28.6 Å². The minimum atomic E-state index is -3.50. The number of likely N-dealkylation sites (tertiary alicyclic amines) is 1. The molecule has 1 aliphatic heterocycles. The molecule has 0 spiro atoms. The molecule has 0 aromatic carbocycles. The first kappa shape index (κ1) is 40.4. The second-order valence-electron chi connectivity index (χ2n) is 16.3. The summed E-state index contributed by atoms with van der Waals surface area (Å²) in [5.41, 5.74) is -0.907. The third-order valence-electron chi connectivity index (χ3n) is 10.2. The monoisotopic (exact) mass is 709 g/mol. The molecule has 0 radical (unpaired) electrons. The number of hydrogen-bond donors (Lipinski definition) is 4. The fourth-order valence-corrected chi connectivity index (χ4v) is 7.63. The summed E-state index contributed by atoms with van der Waals surface area (Å²) >= 11 is 0. The maximum Gasteiger partial charge on any atom is 0.315 e. The topological polar surface area (TPSA) is 177 Å². The van der Waals surface area contributed by atoms with Gasteiger partial charge in [-0.15, -0.1) is 6.58 Å². The predicted molar refractivity (Wildman–Crippen MR) is 188 cm³/mol. The quantitative estimate of drug-likeness (QED) is 0.135. The van der Waals surface area contributed by atoms with Crippen LogP contribution in [0.1, 0.15) is 66.7 Å². The van der Waals surface area contributed by atoms with Crippen molar-refractivity contribution >= 4 is 39.6 Å². The molecular weight excluding hydrogens is 650 g/mol. The zero-order valence-electron chi connectivity index (χ0n) is 30.8. The normalized spacial score (nSPS) is 23.7. The van der Waals surface area contributed by atoms with Gasteiger partial charge in [0, 0.05) is 33.2 Å². The molecule has 3 aliphatic rings. The molecule has 49 heavy (non-hydrogen) atoms. The highest BCUT2D eigenvalue weighted by Gasteiger charge is 2.57. The minimum absolute atomic E-state index is 0.0196. The van der Waals surface area contributed by atoms with Crippen molar-refractivity contribution in [2.45, 2.75) is 90.9 Å². The highest BCUT2D eigenvalue weighted by atomic mass is 32.2. The molecule has 0 bridgehead atoms. The summed E-state index contributed by atoms with van der Waals surface area (Å²) in [5.74, 6) is -2.30. The van der Waals surface area contributed by atoms with Gasteiger partial charge in [-0.05, 0) is 61.9 Å². The Morgan fingerprint density at radius 1 is 1.00 bits per heavy atom. The van der Waals surface area contributed by atoms with Gasteiger partial charge in [0.1, 0.15) is 12.1 Å². The largest absolute Gasteiger partial charge is 0.346 e. The summed E-state index contributed by atoms with van der Waals surface area (Å²) in [7, 11) is 1.55. The molecule has 14 nitrogen and oxygen atoms in total. The van der Waals surface area contributed by atoms with Crippen molar-refractivity contribution in [3.63, 3.8) is 0 Å². The molecule has 4 N–H and O–H groups in total. The van der Waals surface area contributed by atoms with Gasteiger partial charge in [-0.2, -0.15) is 0 Å². The van der Waals surface area contributed by atoms with Crippen molar-refractivity contribution in [1.29, 1.82) is 0 Å². The number of carbonyl (C=O) groups excluding carboxylic acids is 5. The lowest BCUT2D eigenvalue weighted by Gasteiger charge is -2.37. The van der Waals surface area contributed by atoms with Crippen LogP contribution in [0.2, 0.25) is 0 Å². The number of sulfonamides is 1. The van der Waals surface area contributed by atoms with E-state index in [1.807, 2.05) is 39.8 Å². The zero-order chi connectivity index (χ0) is 37.1. The van der Waals surface area contributed by atoms with Crippen molar-refractivity contribution < 1.29 is 32.4 Å². The van der Waals surface area contributed by atoms with Crippen LogP contribution in [0.15, 0.2) is 12.7 Å². The fourth-order valence-electron chi connectivity index (χ4n) is 7.18. The lowest BCUT2D eigenvalue weighted by molar-refractivity contribution is -0.144. The molecule has 3 rings (SSSR count). The molecule has 6 atom stereocenters. The van der Waals surface area contributed by atoms with E-state index in [1.54, 1.807) is 4.90 Å². The van der Waals surface area contributed by atoms with E-state index in [-0.39, 0.29) is 36.3 Å². The SMILES string of the molecule is C=CCNC(=O)C(=O)C(CC1CC1)NC(=O)[C@@H]1[C@H]2CCC(C)(C)[C@H]2CN1C(=O)[C@@H](NC(=O)N[C@@H](CN(C)C)CN(C)S(C)(=O)=O)C(C)(C)C. The van der Waals surface area contributed by atoms with Crippen LogP contribution in [-0.4, -0.2) is 130 Å². The number of carbonyl (C=O) groups is 5. The highest BCUT2D eigenvalue weighted by Crippen LogP contribution is 2.53. The Bertz CT molecular complexity index is 1370. The fraction of sp³-hybridized carbons (Fsp3) is 0.794. The van der Waals surface area contributed by atoms with E-state index < -0.39 is 69.1 Å². The molecule has 278 valence electrons. The Balaban J connectivity index is 1.88. The number of Topliss-reactive ketones (excluding diaryl/α,β-unsaturated/α-hetero) is 1. The smallest absolute Gasteiger partial charge is 0.315 e. The van der Waals surface area contributed by atoms with Gasteiger partial charge in [0.25, 0.3) is 5.91 Å². The average molecular weight is 710 g/mol. The van der Waals surface area contributed by atoms with Crippen molar-refractivity contribution in [2.24, 2.45) is 28.6 Å². The number of rotatable bonds is 16. The molecule has 3 fully saturated rings. The van der Waals surface area contributed by atoms with E-state index in [9.17, 15) is 32.4 Å². The van der Waals surface area contributed by atoms with Gasteiger partial charge in [0.05, 0.1) is 18.3 Å². The lowest BCUT2D eigenvalue weighted by Crippen LogP contribution is -2.62. The van der Waals surface area contributed by atoms with E-state index in [4.69, 9.17) is 0 Å². The minimum Gasteiger partial charge on any atom is -0.346 e. The predicted octanol–water partition coefficient (Wildman–Crippen LogP) is 0.941. The average Bonchev–Trinajstić information content (AvgIpc) is 3.62. The summed E-state index contributed by atoms with van der Waals surface area (Å²) in [6.45, 7) is 14.1. The molecule has 0 aromatic heterocycles. The molecule has 5 amide bonds. The molecule has 0 aromatic rings. The van der Waals surface area contributed by atoms with Crippen LogP contribution in [0.3, 0.4) is 0 Å². The summed E-state index contributed by atoms with van der Waals surface area (Å²) in [5, 5.41) is 11.1. The number of fused-ring (bicyclic) bond motifs is 1. The molecule has 15 heteroatoms. The van der Waals surface area contributed by atoms with Gasteiger partial charge >= 0.3 is 6.03 Å². The maximum absolute atomic E-state index is 14.6. The standard InChI is InChI=1S/C34H59N7O7S/c1-11-16-35-30(44)27(42)25(17-21-12-13-21)37-29(43)26-23-14-15-34(5,6)24(23)20-41(26)31(45)28(33(2,3)4)38-32(46)36-22(18-39(7)8)19-40(9)49(10,47)48/h11,21-26,28H,1,12-20H2,2-10H3,(H,35,44)(H,37,43)(H2,36,38,46)/t22-,23-,24-,25?,26-,28+/m0/s1. The van der Waals surface area contributed by atoms with Crippen LogP contribution < -0.4 is 21.3 Å². The van der Waals surface area contributed by atoms with Crippen molar-refractivity contribution in [2.75, 3.05) is 53.6 Å². The Hall–Kier alpha value is -3.04. The van der Waals surface area contributed by atoms with Gasteiger partial charge in [-0.3, -0.25) is 19.2 Å². The highest BCUT2D eigenvalue weighted by molar-refractivity contribution is 7.88. The number of amides is 5. The Labute approximate surface area is 292 Å². The van der Waals surface area contributed by atoms with Crippen molar-refractivity contribution in [3.8, 4) is 0 Å². The summed E-state index contributed by atoms with van der Waals surface area (Å²) in [6, 6.07) is -4.16. The number of nitrogens with zero attached hydrogens (tertiary/aromatic N) is 3. The van der Waals surface area contributed by atoms with Gasteiger partial charge in [0.2, 0.25) is 27.6 Å². The number of hydrogen-bond acceptors (Lipinski definition) is 8. The molecule has 2 aliphatic carbocycles. The van der Waals surface area contributed by atoms with Crippen LogP contribution in [0.4, 0.5) is 4.79 Å². The Morgan fingerprint density at radius 2 is 1.63 bits per heavy atom. The van der Waals surface area contributed by atoms with Gasteiger partial charge in [0.15, 0.2) is 0 Å². The molecule has 1 heterocycles. The van der Waals surface area contributed by atoms with Gasteiger partial charge < -0.3 is 31.1 Å². The van der Waals surface area contributed by atoms with E-state index >= 15 is 0 Å². The third kappa shape index (κ3) is 10.7. The molecule has 2 saturated carbocycles. The second-order valence-corrected chi connectivity index (χ2v) is 18.3. The number of urea groups is 1. The molecular formula is C34H59N7O7S. The van der Waals surface area contributed by atoms with Crippen LogP contribution in [0.5, 0.6) is 0 Å². The zero-order valence-corrected chi connectivity index (χ0v) is 31.6. The molecule has 1 unspecified atom stereocenters. The van der Waals surface area contributed by atoms with Gasteiger partial charge in [-0.25, -0.2) is 17.5 Å². The summed E-state index contributed by atoms with van der Waals surface area (Å²) in [6.07, 6.45) is 6.34. The van der Waals surface area contributed by atoms with E-state index in [0.29, 0.717) is 19.5 Å². The molecule has 1 saturated heterocycles. The van der Waals surface area contributed by atoms with Crippen LogP contribution in [0.25, 0.3) is 0 Å². The van der Waals surface area contributed by atoms with E-state index in [2.05, 4.69) is 41.7 Å². The maximum atomic E-state index is 14.6.